The standard InChI is InChI=1S/C15H27NO4/c1-11(2)9-14(3,4)13(19)16-15(10-12(17)18)5-7-20-8-6-15/h11H,5-10H2,1-4H3,(H,16,19)(H,17,18). The van der Waals surface area contributed by atoms with E-state index in [0.29, 0.717) is 32.0 Å². The average molecular weight is 285 g/mol. The van der Waals surface area contributed by atoms with E-state index in [-0.39, 0.29) is 12.3 Å². The van der Waals surface area contributed by atoms with Crippen molar-refractivity contribution in [2.24, 2.45) is 11.3 Å². The van der Waals surface area contributed by atoms with Crippen LogP contribution in [-0.2, 0) is 14.3 Å². The summed E-state index contributed by atoms with van der Waals surface area (Å²) in [4.78, 5) is 23.6. The molecule has 0 bridgehead atoms. The lowest BCUT2D eigenvalue weighted by atomic mass is 9.80. The predicted octanol–water partition coefficient (Wildman–Crippen LogP) is 2.20. The molecule has 1 aliphatic heterocycles. The number of carboxylic acids is 1. The molecule has 0 aromatic rings. The third kappa shape index (κ3) is 4.78. The van der Waals surface area contributed by atoms with Gasteiger partial charge in [-0.2, -0.15) is 0 Å². The Labute approximate surface area is 121 Å². The molecule has 5 heteroatoms. The summed E-state index contributed by atoms with van der Waals surface area (Å²) < 4.78 is 5.29. The first-order valence-corrected chi connectivity index (χ1v) is 7.29. The molecule has 0 unspecified atom stereocenters. The number of carboxylic acid groups (broad SMARTS) is 1. The zero-order valence-electron chi connectivity index (χ0n) is 13.0. The van der Waals surface area contributed by atoms with Crippen molar-refractivity contribution < 1.29 is 19.4 Å². The fourth-order valence-electron chi connectivity index (χ4n) is 2.92. The van der Waals surface area contributed by atoms with Crippen molar-refractivity contribution in [3.63, 3.8) is 0 Å². The Hall–Kier alpha value is -1.10. The minimum absolute atomic E-state index is 0.0418. The molecule has 1 amide bonds. The van der Waals surface area contributed by atoms with Crippen LogP contribution in [0.4, 0.5) is 0 Å². The van der Waals surface area contributed by atoms with Gasteiger partial charge < -0.3 is 15.2 Å². The first-order valence-electron chi connectivity index (χ1n) is 7.29. The highest BCUT2D eigenvalue weighted by Gasteiger charge is 2.40. The first-order chi connectivity index (χ1) is 9.17. The molecule has 20 heavy (non-hydrogen) atoms. The molecular formula is C15H27NO4. The lowest BCUT2D eigenvalue weighted by Gasteiger charge is -2.39. The summed E-state index contributed by atoms with van der Waals surface area (Å²) in [5.41, 5.74) is -1.15. The Balaban J connectivity index is 2.78. The molecule has 0 aromatic heterocycles. The molecule has 0 saturated carbocycles. The van der Waals surface area contributed by atoms with Crippen LogP contribution in [0.15, 0.2) is 0 Å². The molecule has 1 aliphatic rings. The molecule has 0 radical (unpaired) electrons. The van der Waals surface area contributed by atoms with Gasteiger partial charge in [-0.3, -0.25) is 9.59 Å². The molecule has 116 valence electrons. The van der Waals surface area contributed by atoms with Gasteiger partial charge in [0.05, 0.1) is 12.0 Å². The summed E-state index contributed by atoms with van der Waals surface area (Å²) in [6.45, 7) is 8.98. The Morgan fingerprint density at radius 1 is 1.30 bits per heavy atom. The summed E-state index contributed by atoms with van der Waals surface area (Å²) in [6, 6.07) is 0. The SMILES string of the molecule is CC(C)CC(C)(C)C(=O)NC1(CC(=O)O)CCOCC1. The minimum atomic E-state index is -0.881. The quantitative estimate of drug-likeness (QED) is 0.784. The van der Waals surface area contributed by atoms with Crippen molar-refractivity contribution >= 4 is 11.9 Å². The van der Waals surface area contributed by atoms with E-state index in [1.165, 1.54) is 0 Å². The molecule has 0 aromatic carbocycles. The second-order valence-corrected chi connectivity index (χ2v) is 6.90. The van der Waals surface area contributed by atoms with Gasteiger partial charge in [0.25, 0.3) is 0 Å². The Morgan fingerprint density at radius 2 is 1.85 bits per heavy atom. The van der Waals surface area contributed by atoms with Gasteiger partial charge in [0.1, 0.15) is 0 Å². The van der Waals surface area contributed by atoms with Gasteiger partial charge in [-0.25, -0.2) is 0 Å². The fourth-order valence-corrected chi connectivity index (χ4v) is 2.92. The van der Waals surface area contributed by atoms with E-state index in [1.54, 1.807) is 0 Å². The van der Waals surface area contributed by atoms with Crippen molar-refractivity contribution in [3.8, 4) is 0 Å². The summed E-state index contributed by atoms with van der Waals surface area (Å²) in [7, 11) is 0. The maximum Gasteiger partial charge on any atom is 0.305 e. The summed E-state index contributed by atoms with van der Waals surface area (Å²) >= 11 is 0. The second-order valence-electron chi connectivity index (χ2n) is 6.90. The summed E-state index contributed by atoms with van der Waals surface area (Å²) in [5, 5.41) is 12.1. The highest BCUT2D eigenvalue weighted by molar-refractivity contribution is 5.83. The largest absolute Gasteiger partial charge is 0.481 e. The van der Waals surface area contributed by atoms with Crippen molar-refractivity contribution in [1.82, 2.24) is 5.32 Å². The third-order valence-electron chi connectivity index (χ3n) is 3.85. The van der Waals surface area contributed by atoms with Crippen LogP contribution in [-0.4, -0.2) is 35.7 Å². The molecule has 0 spiro atoms. The topological polar surface area (TPSA) is 75.6 Å². The monoisotopic (exact) mass is 285 g/mol. The Kier molecular flexibility index (Phi) is 5.57. The lowest BCUT2D eigenvalue weighted by molar-refractivity contribution is -0.142. The molecular weight excluding hydrogens is 258 g/mol. The van der Waals surface area contributed by atoms with Crippen LogP contribution in [0.1, 0.15) is 53.4 Å². The number of nitrogens with one attached hydrogen (secondary N) is 1. The van der Waals surface area contributed by atoms with Crippen LogP contribution in [0.5, 0.6) is 0 Å². The van der Waals surface area contributed by atoms with E-state index in [9.17, 15) is 9.59 Å². The number of ether oxygens (including phenoxy) is 1. The van der Waals surface area contributed by atoms with Crippen LogP contribution >= 0.6 is 0 Å². The van der Waals surface area contributed by atoms with E-state index >= 15 is 0 Å². The molecule has 1 rings (SSSR count). The van der Waals surface area contributed by atoms with Gasteiger partial charge in [0, 0.05) is 18.6 Å². The zero-order chi connectivity index (χ0) is 15.4. The summed E-state index contributed by atoms with van der Waals surface area (Å²) in [5.74, 6) is -0.524. The van der Waals surface area contributed by atoms with E-state index < -0.39 is 16.9 Å². The number of rotatable bonds is 6. The zero-order valence-corrected chi connectivity index (χ0v) is 13.0. The highest BCUT2D eigenvalue weighted by Crippen LogP contribution is 2.30. The smallest absolute Gasteiger partial charge is 0.305 e. The van der Waals surface area contributed by atoms with Crippen LogP contribution < -0.4 is 5.32 Å². The van der Waals surface area contributed by atoms with Crippen LogP contribution in [0, 0.1) is 11.3 Å². The molecule has 1 saturated heterocycles. The van der Waals surface area contributed by atoms with Crippen LogP contribution in [0.3, 0.4) is 0 Å². The lowest BCUT2D eigenvalue weighted by Crippen LogP contribution is -2.56. The summed E-state index contributed by atoms with van der Waals surface area (Å²) in [6.07, 6.45) is 1.85. The van der Waals surface area contributed by atoms with Crippen molar-refractivity contribution in [1.29, 1.82) is 0 Å². The predicted molar refractivity (Wildman–Crippen MR) is 76.4 cm³/mol. The van der Waals surface area contributed by atoms with Gasteiger partial charge in [0.2, 0.25) is 5.91 Å². The maximum atomic E-state index is 12.5. The molecule has 5 nitrogen and oxygen atoms in total. The van der Waals surface area contributed by atoms with E-state index in [2.05, 4.69) is 19.2 Å². The normalized spacial score (nSPS) is 18.9. The second kappa shape index (κ2) is 6.57. The maximum absolute atomic E-state index is 12.5. The highest BCUT2D eigenvalue weighted by atomic mass is 16.5. The van der Waals surface area contributed by atoms with Gasteiger partial charge in [-0.1, -0.05) is 27.7 Å². The van der Waals surface area contributed by atoms with E-state index in [4.69, 9.17) is 9.84 Å². The number of aliphatic carboxylic acids is 1. The molecule has 2 N–H and O–H groups in total. The number of carbonyl (C=O) groups is 2. The van der Waals surface area contributed by atoms with Gasteiger partial charge in [-0.15, -0.1) is 0 Å². The van der Waals surface area contributed by atoms with Gasteiger partial charge >= 0.3 is 5.97 Å². The molecule has 0 aliphatic carbocycles. The minimum Gasteiger partial charge on any atom is -0.481 e. The van der Waals surface area contributed by atoms with E-state index in [1.807, 2.05) is 13.8 Å². The molecule has 1 fully saturated rings. The number of hydrogen-bond donors (Lipinski definition) is 2. The Bertz CT molecular complexity index is 357. The van der Waals surface area contributed by atoms with Crippen molar-refractivity contribution in [2.75, 3.05) is 13.2 Å². The van der Waals surface area contributed by atoms with Gasteiger partial charge in [0.15, 0.2) is 0 Å². The van der Waals surface area contributed by atoms with Crippen molar-refractivity contribution in [2.45, 2.75) is 58.9 Å². The molecule has 1 heterocycles. The number of hydrogen-bond acceptors (Lipinski definition) is 3. The number of amides is 1. The fraction of sp³-hybridized carbons (Fsp3) is 0.867. The van der Waals surface area contributed by atoms with Crippen LogP contribution in [0.2, 0.25) is 0 Å². The first kappa shape index (κ1) is 17.0. The third-order valence-corrected chi connectivity index (χ3v) is 3.85. The molecule has 0 atom stereocenters. The Morgan fingerprint density at radius 3 is 2.30 bits per heavy atom. The van der Waals surface area contributed by atoms with E-state index in [0.717, 1.165) is 6.42 Å². The van der Waals surface area contributed by atoms with Gasteiger partial charge in [-0.05, 0) is 25.2 Å². The van der Waals surface area contributed by atoms with Crippen LogP contribution in [0.25, 0.3) is 0 Å². The number of carbonyl (C=O) groups excluding carboxylic acids is 1. The average Bonchev–Trinajstić information content (AvgIpc) is 2.26. The van der Waals surface area contributed by atoms with Crippen molar-refractivity contribution in [3.05, 3.63) is 0 Å².